The molecule has 5 nitrogen and oxygen atoms in total. The standard InChI is InChI=1S/C14H17N3O2/c1-3-9-15-13(18)10-11(2)16-17-14(19)12-7-5-4-6-8-12/h3-8,16H,1-2,9-10H2,(H,15,18)(H,17,19). The van der Waals surface area contributed by atoms with E-state index in [1.807, 2.05) is 6.07 Å². The zero-order chi connectivity index (χ0) is 14.1. The van der Waals surface area contributed by atoms with E-state index in [2.05, 4.69) is 29.3 Å². The highest BCUT2D eigenvalue weighted by atomic mass is 16.2. The number of amides is 2. The van der Waals surface area contributed by atoms with E-state index in [0.717, 1.165) is 0 Å². The van der Waals surface area contributed by atoms with E-state index < -0.39 is 0 Å². The van der Waals surface area contributed by atoms with Crippen molar-refractivity contribution in [3.8, 4) is 0 Å². The second-order valence-corrected chi connectivity index (χ2v) is 3.82. The maximum Gasteiger partial charge on any atom is 0.269 e. The van der Waals surface area contributed by atoms with Gasteiger partial charge in [0.25, 0.3) is 5.91 Å². The molecule has 3 N–H and O–H groups in total. The zero-order valence-corrected chi connectivity index (χ0v) is 10.6. The topological polar surface area (TPSA) is 70.2 Å². The second-order valence-electron chi connectivity index (χ2n) is 3.82. The molecule has 0 saturated heterocycles. The van der Waals surface area contributed by atoms with Crippen molar-refractivity contribution in [3.05, 3.63) is 60.8 Å². The van der Waals surface area contributed by atoms with E-state index in [0.29, 0.717) is 17.8 Å². The average Bonchev–Trinajstić information content (AvgIpc) is 2.43. The molecule has 0 aliphatic heterocycles. The van der Waals surface area contributed by atoms with Crippen molar-refractivity contribution < 1.29 is 9.59 Å². The van der Waals surface area contributed by atoms with Crippen molar-refractivity contribution in [2.75, 3.05) is 6.54 Å². The van der Waals surface area contributed by atoms with E-state index in [9.17, 15) is 9.59 Å². The van der Waals surface area contributed by atoms with Gasteiger partial charge in [0, 0.05) is 17.8 Å². The first-order valence-electron chi connectivity index (χ1n) is 5.80. The lowest BCUT2D eigenvalue weighted by Gasteiger charge is -2.10. The lowest BCUT2D eigenvalue weighted by atomic mass is 10.2. The van der Waals surface area contributed by atoms with Gasteiger partial charge in [0.05, 0.1) is 6.42 Å². The Balaban J connectivity index is 2.32. The average molecular weight is 259 g/mol. The number of carbonyl (C=O) groups is 2. The molecule has 0 atom stereocenters. The summed E-state index contributed by atoms with van der Waals surface area (Å²) in [6.45, 7) is 7.56. The number of nitrogens with one attached hydrogen (secondary N) is 3. The van der Waals surface area contributed by atoms with Gasteiger partial charge in [-0.1, -0.05) is 30.9 Å². The van der Waals surface area contributed by atoms with Crippen LogP contribution in [-0.4, -0.2) is 18.4 Å². The summed E-state index contributed by atoms with van der Waals surface area (Å²) in [4.78, 5) is 23.0. The number of hydrogen-bond donors (Lipinski definition) is 3. The minimum absolute atomic E-state index is 0.0862. The van der Waals surface area contributed by atoms with Crippen LogP contribution in [0.2, 0.25) is 0 Å². The summed E-state index contributed by atoms with van der Waals surface area (Å²) < 4.78 is 0. The third-order valence-corrected chi connectivity index (χ3v) is 2.21. The summed E-state index contributed by atoms with van der Waals surface area (Å²) in [5.41, 5.74) is 6.01. The van der Waals surface area contributed by atoms with Crippen LogP contribution in [-0.2, 0) is 4.79 Å². The Hall–Kier alpha value is -2.56. The predicted molar refractivity (Wildman–Crippen MR) is 74.0 cm³/mol. The van der Waals surface area contributed by atoms with Crippen molar-refractivity contribution in [2.45, 2.75) is 6.42 Å². The molecule has 1 rings (SSSR count). The molecule has 0 aromatic heterocycles. The molecule has 0 unspecified atom stereocenters. The van der Waals surface area contributed by atoms with Gasteiger partial charge in [-0.15, -0.1) is 6.58 Å². The van der Waals surface area contributed by atoms with E-state index in [4.69, 9.17) is 0 Å². The number of hydrazine groups is 1. The highest BCUT2D eigenvalue weighted by Crippen LogP contribution is 1.97. The van der Waals surface area contributed by atoms with Crippen LogP contribution in [0.5, 0.6) is 0 Å². The van der Waals surface area contributed by atoms with Crippen LogP contribution in [0.25, 0.3) is 0 Å². The first kappa shape index (κ1) is 14.5. The summed E-state index contributed by atoms with van der Waals surface area (Å²) >= 11 is 0. The Morgan fingerprint density at radius 1 is 1.16 bits per heavy atom. The van der Waals surface area contributed by atoms with Crippen LogP contribution in [0.4, 0.5) is 0 Å². The molecule has 0 bridgehead atoms. The summed E-state index contributed by atoms with van der Waals surface area (Å²) in [6, 6.07) is 8.75. The van der Waals surface area contributed by atoms with Crippen molar-refractivity contribution in [2.24, 2.45) is 0 Å². The lowest BCUT2D eigenvalue weighted by molar-refractivity contribution is -0.120. The molecular formula is C14H17N3O2. The first-order valence-corrected chi connectivity index (χ1v) is 5.80. The minimum atomic E-state index is -0.284. The Kier molecular flexibility index (Phi) is 5.88. The Labute approximate surface area is 112 Å². The van der Waals surface area contributed by atoms with Gasteiger partial charge in [-0.3, -0.25) is 15.0 Å². The molecule has 0 heterocycles. The van der Waals surface area contributed by atoms with Crippen molar-refractivity contribution in [1.82, 2.24) is 16.2 Å². The maximum atomic E-state index is 11.7. The van der Waals surface area contributed by atoms with Crippen LogP contribution in [0, 0.1) is 0 Å². The Morgan fingerprint density at radius 3 is 2.47 bits per heavy atom. The van der Waals surface area contributed by atoms with Crippen molar-refractivity contribution in [3.63, 3.8) is 0 Å². The lowest BCUT2D eigenvalue weighted by Crippen LogP contribution is -2.38. The molecule has 100 valence electrons. The van der Waals surface area contributed by atoms with Crippen molar-refractivity contribution >= 4 is 11.8 Å². The minimum Gasteiger partial charge on any atom is -0.352 e. The van der Waals surface area contributed by atoms with Crippen LogP contribution >= 0.6 is 0 Å². The van der Waals surface area contributed by atoms with Crippen LogP contribution in [0.15, 0.2) is 55.3 Å². The number of hydrogen-bond acceptors (Lipinski definition) is 3. The van der Waals surface area contributed by atoms with E-state index in [1.54, 1.807) is 30.3 Å². The van der Waals surface area contributed by atoms with E-state index in [-0.39, 0.29) is 18.2 Å². The van der Waals surface area contributed by atoms with Gasteiger partial charge < -0.3 is 10.7 Å². The predicted octanol–water partition coefficient (Wildman–Crippen LogP) is 1.13. The monoisotopic (exact) mass is 259 g/mol. The van der Waals surface area contributed by atoms with Crippen LogP contribution in [0.3, 0.4) is 0 Å². The highest BCUT2D eigenvalue weighted by molar-refractivity contribution is 5.93. The van der Waals surface area contributed by atoms with Crippen LogP contribution < -0.4 is 16.2 Å². The van der Waals surface area contributed by atoms with Gasteiger partial charge in [0.15, 0.2) is 0 Å². The molecule has 1 aromatic rings. The summed E-state index contributed by atoms with van der Waals surface area (Å²) in [6.07, 6.45) is 1.67. The van der Waals surface area contributed by atoms with E-state index in [1.165, 1.54) is 0 Å². The molecule has 2 amide bonds. The first-order chi connectivity index (χ1) is 9.13. The van der Waals surface area contributed by atoms with E-state index >= 15 is 0 Å². The summed E-state index contributed by atoms with van der Waals surface area (Å²) in [5, 5.41) is 2.61. The van der Waals surface area contributed by atoms with Crippen molar-refractivity contribution in [1.29, 1.82) is 0 Å². The molecule has 5 heteroatoms. The highest BCUT2D eigenvalue weighted by Gasteiger charge is 2.06. The molecule has 0 spiro atoms. The normalized spacial score (nSPS) is 9.26. The molecular weight excluding hydrogens is 242 g/mol. The van der Waals surface area contributed by atoms with Gasteiger partial charge in [-0.25, -0.2) is 0 Å². The molecule has 0 fully saturated rings. The largest absolute Gasteiger partial charge is 0.352 e. The Morgan fingerprint density at radius 2 is 1.84 bits per heavy atom. The molecule has 0 radical (unpaired) electrons. The van der Waals surface area contributed by atoms with Gasteiger partial charge >= 0.3 is 0 Å². The molecule has 1 aromatic carbocycles. The van der Waals surface area contributed by atoms with Gasteiger partial charge in [-0.05, 0) is 12.1 Å². The quantitative estimate of drug-likeness (QED) is 0.508. The smallest absolute Gasteiger partial charge is 0.269 e. The molecule has 0 aliphatic carbocycles. The Bertz CT molecular complexity index is 469. The fourth-order valence-electron chi connectivity index (χ4n) is 1.29. The van der Waals surface area contributed by atoms with Gasteiger partial charge in [-0.2, -0.15) is 0 Å². The second kappa shape index (κ2) is 7.71. The van der Waals surface area contributed by atoms with Gasteiger partial charge in [0.1, 0.15) is 0 Å². The number of benzene rings is 1. The molecule has 0 aliphatic rings. The van der Waals surface area contributed by atoms with Gasteiger partial charge in [0.2, 0.25) is 5.91 Å². The zero-order valence-electron chi connectivity index (χ0n) is 10.6. The fourth-order valence-corrected chi connectivity index (χ4v) is 1.29. The molecule has 19 heavy (non-hydrogen) atoms. The SMILES string of the molecule is C=CCNC(=O)CC(=C)NNC(=O)c1ccccc1. The fraction of sp³-hybridized carbons (Fsp3) is 0.143. The maximum absolute atomic E-state index is 11.7. The summed E-state index contributed by atoms with van der Waals surface area (Å²) in [7, 11) is 0. The number of rotatable bonds is 7. The summed E-state index contributed by atoms with van der Waals surface area (Å²) in [5.74, 6) is -0.473. The molecule has 0 saturated carbocycles. The third kappa shape index (κ3) is 5.54. The number of carbonyl (C=O) groups excluding carboxylic acids is 2. The third-order valence-electron chi connectivity index (χ3n) is 2.21. The van der Waals surface area contributed by atoms with Crippen LogP contribution in [0.1, 0.15) is 16.8 Å².